The van der Waals surface area contributed by atoms with Crippen LogP contribution in [0, 0.1) is 0 Å². The minimum atomic E-state index is -0.329. The zero-order valence-corrected chi connectivity index (χ0v) is 18.3. The third kappa shape index (κ3) is 6.19. The minimum Gasteiger partial charge on any atom is -0.483 e. The van der Waals surface area contributed by atoms with E-state index in [1.54, 1.807) is 31.3 Å². The number of benzene rings is 1. The summed E-state index contributed by atoms with van der Waals surface area (Å²) in [5.41, 5.74) is 0.681. The van der Waals surface area contributed by atoms with E-state index in [0.717, 1.165) is 5.39 Å². The Kier molecular flexibility index (Phi) is 9.59. The summed E-state index contributed by atoms with van der Waals surface area (Å²) < 4.78 is 12.4. The Balaban J connectivity index is 0.00000101. The number of carbonyl (C=O) groups is 1. The summed E-state index contributed by atoms with van der Waals surface area (Å²) in [6, 6.07) is 7.26. The summed E-state index contributed by atoms with van der Waals surface area (Å²) >= 11 is 7.46. The zero-order valence-electron chi connectivity index (χ0n) is 16.7. The third-order valence-corrected chi connectivity index (χ3v) is 4.96. The first-order valence-corrected chi connectivity index (χ1v) is 10.4. The first-order chi connectivity index (χ1) is 14.5. The van der Waals surface area contributed by atoms with Gasteiger partial charge in [0, 0.05) is 24.7 Å². The molecule has 0 aliphatic rings. The number of pyridine rings is 1. The molecule has 0 bridgehead atoms. The Morgan fingerprint density at radius 1 is 1.37 bits per heavy atom. The second-order valence-corrected chi connectivity index (χ2v) is 7.06. The van der Waals surface area contributed by atoms with Crippen LogP contribution in [-0.4, -0.2) is 50.3 Å². The van der Waals surface area contributed by atoms with Crippen molar-refractivity contribution in [2.45, 2.75) is 25.2 Å². The Hall–Kier alpha value is -2.62. The van der Waals surface area contributed by atoms with Gasteiger partial charge in [0.25, 0.3) is 0 Å². The molecule has 3 aromatic rings. The standard InChI is InChI=1S/C18H17ClN4O3S.C2H6O/c1-3-9-23-15(21-22-18(23)27-11-16(24)25-2)10-26-14-7-6-13(19)12-5-4-8-20-17(12)14;1-2-3/h3-8H,1,9-11H2,2H3;3H,2H2,1H3. The lowest BCUT2D eigenvalue weighted by molar-refractivity contribution is -0.137. The summed E-state index contributed by atoms with van der Waals surface area (Å²) in [5.74, 6) is 1.04. The molecule has 0 saturated heterocycles. The number of ether oxygens (including phenoxy) is 2. The van der Waals surface area contributed by atoms with Crippen LogP contribution >= 0.6 is 23.4 Å². The highest BCUT2D eigenvalue weighted by molar-refractivity contribution is 7.99. The zero-order chi connectivity index (χ0) is 21.9. The Labute approximate surface area is 183 Å². The number of aromatic nitrogens is 4. The van der Waals surface area contributed by atoms with Gasteiger partial charge in [0.05, 0.1) is 17.9 Å². The first kappa shape index (κ1) is 23.7. The minimum absolute atomic E-state index is 0.151. The average molecular weight is 451 g/mol. The summed E-state index contributed by atoms with van der Waals surface area (Å²) in [5, 5.41) is 17.9. The van der Waals surface area contributed by atoms with Crippen molar-refractivity contribution in [1.29, 1.82) is 0 Å². The second kappa shape index (κ2) is 12.2. The molecule has 2 aromatic heterocycles. The highest BCUT2D eigenvalue weighted by Crippen LogP contribution is 2.30. The van der Waals surface area contributed by atoms with Gasteiger partial charge >= 0.3 is 5.97 Å². The van der Waals surface area contributed by atoms with E-state index in [-0.39, 0.29) is 24.9 Å². The van der Waals surface area contributed by atoms with Crippen LogP contribution in [0.5, 0.6) is 5.75 Å². The van der Waals surface area contributed by atoms with Crippen molar-refractivity contribution in [3.63, 3.8) is 0 Å². The van der Waals surface area contributed by atoms with Gasteiger partial charge in [-0.05, 0) is 31.2 Å². The van der Waals surface area contributed by atoms with Crippen LogP contribution in [0.2, 0.25) is 5.02 Å². The fourth-order valence-electron chi connectivity index (χ4n) is 2.40. The number of hydrogen-bond acceptors (Lipinski definition) is 8. The van der Waals surface area contributed by atoms with E-state index in [2.05, 4.69) is 26.5 Å². The number of esters is 1. The summed E-state index contributed by atoms with van der Waals surface area (Å²) in [6.07, 6.45) is 3.42. The van der Waals surface area contributed by atoms with Crippen molar-refractivity contribution in [2.24, 2.45) is 0 Å². The van der Waals surface area contributed by atoms with E-state index >= 15 is 0 Å². The third-order valence-electron chi connectivity index (χ3n) is 3.69. The molecule has 8 nitrogen and oxygen atoms in total. The number of aliphatic hydroxyl groups excluding tert-OH is 1. The average Bonchev–Trinajstić information content (AvgIpc) is 3.14. The van der Waals surface area contributed by atoms with E-state index in [4.69, 9.17) is 21.4 Å². The van der Waals surface area contributed by atoms with Crippen molar-refractivity contribution in [3.05, 3.63) is 54.0 Å². The lowest BCUT2D eigenvalue weighted by Gasteiger charge is -2.11. The van der Waals surface area contributed by atoms with E-state index in [1.165, 1.54) is 18.9 Å². The fraction of sp³-hybridized carbons (Fsp3) is 0.300. The van der Waals surface area contributed by atoms with Gasteiger partial charge in [0.2, 0.25) is 0 Å². The van der Waals surface area contributed by atoms with Crippen LogP contribution in [-0.2, 0) is 22.7 Å². The Morgan fingerprint density at radius 3 is 2.83 bits per heavy atom. The van der Waals surface area contributed by atoms with Gasteiger partial charge in [-0.1, -0.05) is 29.4 Å². The van der Waals surface area contributed by atoms with Gasteiger partial charge in [-0.25, -0.2) is 0 Å². The largest absolute Gasteiger partial charge is 0.483 e. The number of allylic oxidation sites excluding steroid dienone is 1. The van der Waals surface area contributed by atoms with Crippen LogP contribution in [0.3, 0.4) is 0 Å². The van der Waals surface area contributed by atoms with Gasteiger partial charge in [-0.3, -0.25) is 14.3 Å². The normalized spacial score (nSPS) is 10.3. The fourth-order valence-corrected chi connectivity index (χ4v) is 3.41. The molecule has 0 saturated carbocycles. The maximum absolute atomic E-state index is 11.4. The number of fused-ring (bicyclic) bond motifs is 1. The van der Waals surface area contributed by atoms with E-state index in [1.807, 2.05) is 16.7 Å². The number of nitrogens with zero attached hydrogens (tertiary/aromatic N) is 4. The maximum Gasteiger partial charge on any atom is 0.316 e. The molecule has 1 N–H and O–H groups in total. The summed E-state index contributed by atoms with van der Waals surface area (Å²) in [4.78, 5) is 15.7. The van der Waals surface area contributed by atoms with Gasteiger partial charge in [0.15, 0.2) is 11.0 Å². The van der Waals surface area contributed by atoms with Crippen LogP contribution in [0.4, 0.5) is 0 Å². The first-order valence-electron chi connectivity index (χ1n) is 9.05. The van der Waals surface area contributed by atoms with Crippen molar-refractivity contribution >= 4 is 40.2 Å². The molecule has 30 heavy (non-hydrogen) atoms. The van der Waals surface area contributed by atoms with Crippen molar-refractivity contribution in [1.82, 2.24) is 19.7 Å². The Morgan fingerprint density at radius 2 is 2.13 bits per heavy atom. The highest BCUT2D eigenvalue weighted by atomic mass is 35.5. The molecule has 0 spiro atoms. The molecular weight excluding hydrogens is 428 g/mol. The molecule has 0 unspecified atom stereocenters. The van der Waals surface area contributed by atoms with Crippen LogP contribution < -0.4 is 4.74 Å². The number of rotatable bonds is 8. The predicted molar refractivity (Wildman–Crippen MR) is 117 cm³/mol. The monoisotopic (exact) mass is 450 g/mol. The summed E-state index contributed by atoms with van der Waals surface area (Å²) in [7, 11) is 1.35. The molecule has 3 rings (SSSR count). The van der Waals surface area contributed by atoms with Crippen molar-refractivity contribution < 1.29 is 19.4 Å². The lowest BCUT2D eigenvalue weighted by Crippen LogP contribution is -2.09. The predicted octanol–water partition coefficient (Wildman–Crippen LogP) is 3.51. The van der Waals surface area contributed by atoms with Crippen LogP contribution in [0.1, 0.15) is 12.7 Å². The van der Waals surface area contributed by atoms with E-state index in [0.29, 0.717) is 33.8 Å². The molecule has 1 aromatic carbocycles. The molecule has 0 amide bonds. The molecule has 0 aliphatic heterocycles. The van der Waals surface area contributed by atoms with Crippen molar-refractivity contribution in [2.75, 3.05) is 19.5 Å². The smallest absolute Gasteiger partial charge is 0.316 e. The molecule has 160 valence electrons. The SMILES string of the molecule is C=CCn1c(COc2ccc(Cl)c3cccnc23)nnc1SCC(=O)OC.CCO. The number of halogens is 1. The van der Waals surface area contributed by atoms with Gasteiger partial charge < -0.3 is 14.6 Å². The second-order valence-electron chi connectivity index (χ2n) is 5.71. The molecule has 0 radical (unpaired) electrons. The van der Waals surface area contributed by atoms with Crippen LogP contribution in [0.25, 0.3) is 10.9 Å². The number of hydrogen-bond donors (Lipinski definition) is 1. The topological polar surface area (TPSA) is 99.4 Å². The number of carbonyl (C=O) groups excluding carboxylic acids is 1. The number of methoxy groups -OCH3 is 1. The molecule has 0 atom stereocenters. The van der Waals surface area contributed by atoms with E-state index < -0.39 is 0 Å². The molecular formula is C20H23ClN4O4S. The highest BCUT2D eigenvalue weighted by Gasteiger charge is 2.15. The number of thioether (sulfide) groups is 1. The van der Waals surface area contributed by atoms with Gasteiger partial charge in [-0.2, -0.15) is 0 Å². The van der Waals surface area contributed by atoms with Crippen LogP contribution in [0.15, 0.2) is 48.3 Å². The maximum atomic E-state index is 11.4. The number of aliphatic hydroxyl groups is 1. The molecule has 2 heterocycles. The molecule has 0 fully saturated rings. The van der Waals surface area contributed by atoms with Crippen molar-refractivity contribution in [3.8, 4) is 5.75 Å². The quantitative estimate of drug-likeness (QED) is 0.316. The van der Waals surface area contributed by atoms with Gasteiger partial charge in [-0.15, -0.1) is 16.8 Å². The summed E-state index contributed by atoms with van der Waals surface area (Å²) in [6.45, 7) is 6.37. The van der Waals surface area contributed by atoms with E-state index in [9.17, 15) is 4.79 Å². The molecule has 0 aliphatic carbocycles. The molecule has 10 heteroatoms. The Bertz CT molecular complexity index is 996. The van der Waals surface area contributed by atoms with Gasteiger partial charge in [0.1, 0.15) is 17.9 Å². The lowest BCUT2D eigenvalue weighted by atomic mass is 10.2.